The predicted molar refractivity (Wildman–Crippen MR) is 73.1 cm³/mol. The first-order chi connectivity index (χ1) is 8.13. The molecule has 0 amide bonds. The molecule has 1 aromatic rings. The summed E-state index contributed by atoms with van der Waals surface area (Å²) in [6.07, 6.45) is 1.44. The van der Waals surface area contributed by atoms with Gasteiger partial charge in [-0.05, 0) is 31.9 Å². The van der Waals surface area contributed by atoms with Crippen molar-refractivity contribution in [1.29, 1.82) is 0 Å². The van der Waals surface area contributed by atoms with Crippen LogP contribution in [0.5, 0.6) is 0 Å². The molecule has 2 unspecified atom stereocenters. The Bertz CT molecular complexity index is 297. The minimum absolute atomic E-state index is 0.283. The van der Waals surface area contributed by atoms with E-state index in [-0.39, 0.29) is 6.04 Å². The normalized spacial score (nSPS) is 14.9. The molecule has 0 aliphatic carbocycles. The average molecular weight is 235 g/mol. The Morgan fingerprint density at radius 3 is 2.29 bits per heavy atom. The van der Waals surface area contributed by atoms with Crippen LogP contribution in [0.4, 0.5) is 0 Å². The summed E-state index contributed by atoms with van der Waals surface area (Å²) in [7, 11) is 1.98. The zero-order chi connectivity index (χ0) is 12.7. The van der Waals surface area contributed by atoms with Gasteiger partial charge in [0.05, 0.1) is 18.8 Å². The molecule has 0 saturated heterocycles. The van der Waals surface area contributed by atoms with Crippen molar-refractivity contribution < 1.29 is 4.74 Å². The second kappa shape index (κ2) is 7.46. The molecular weight excluding hydrogens is 210 g/mol. The number of benzene rings is 1. The topological polar surface area (TPSA) is 21.3 Å². The molecule has 0 fully saturated rings. The Kier molecular flexibility index (Phi) is 6.23. The molecule has 1 aromatic carbocycles. The van der Waals surface area contributed by atoms with E-state index in [0.29, 0.717) is 12.0 Å². The second-order valence-electron chi connectivity index (χ2n) is 5.03. The fraction of sp³-hybridized carbons (Fsp3) is 0.600. The van der Waals surface area contributed by atoms with Gasteiger partial charge in [-0.1, -0.05) is 44.2 Å². The van der Waals surface area contributed by atoms with Gasteiger partial charge in [-0.25, -0.2) is 0 Å². The number of rotatable bonds is 7. The van der Waals surface area contributed by atoms with Crippen molar-refractivity contribution in [2.24, 2.45) is 5.92 Å². The van der Waals surface area contributed by atoms with E-state index >= 15 is 0 Å². The molecule has 17 heavy (non-hydrogen) atoms. The van der Waals surface area contributed by atoms with Gasteiger partial charge in [0, 0.05) is 0 Å². The molecule has 1 N–H and O–H groups in total. The minimum Gasteiger partial charge on any atom is -0.377 e. The van der Waals surface area contributed by atoms with E-state index in [2.05, 4.69) is 50.4 Å². The largest absolute Gasteiger partial charge is 0.377 e. The van der Waals surface area contributed by atoms with Crippen molar-refractivity contribution in [3.8, 4) is 0 Å². The number of hydrogen-bond acceptors (Lipinski definition) is 2. The lowest BCUT2D eigenvalue weighted by atomic mass is 10.1. The van der Waals surface area contributed by atoms with Crippen molar-refractivity contribution >= 4 is 0 Å². The number of hydrogen-bond donors (Lipinski definition) is 1. The predicted octanol–water partition coefficient (Wildman–Crippen LogP) is 3.40. The maximum atomic E-state index is 5.90. The lowest BCUT2D eigenvalue weighted by molar-refractivity contribution is 0.0383. The van der Waals surface area contributed by atoms with Gasteiger partial charge in [0.2, 0.25) is 0 Å². The van der Waals surface area contributed by atoms with Gasteiger partial charge < -0.3 is 10.1 Å². The molecule has 1 rings (SSSR count). The monoisotopic (exact) mass is 235 g/mol. The van der Waals surface area contributed by atoms with Gasteiger partial charge in [-0.2, -0.15) is 0 Å². The summed E-state index contributed by atoms with van der Waals surface area (Å²) in [4.78, 5) is 0. The number of likely N-dealkylation sites (N-methyl/N-ethyl adjacent to an activating group) is 1. The molecule has 0 aromatic heterocycles. The van der Waals surface area contributed by atoms with E-state index in [9.17, 15) is 0 Å². The number of ether oxygens (including phenoxy) is 1. The van der Waals surface area contributed by atoms with Gasteiger partial charge in [-0.3, -0.25) is 0 Å². The Labute approximate surface area is 105 Å². The van der Waals surface area contributed by atoms with E-state index in [1.807, 2.05) is 13.1 Å². The van der Waals surface area contributed by atoms with Crippen LogP contribution in [0.3, 0.4) is 0 Å². The highest BCUT2D eigenvalue weighted by Crippen LogP contribution is 2.15. The molecule has 0 aliphatic rings. The standard InChI is InChI=1S/C15H25NO/c1-12(2)10-13(3)17-11-15(16-4)14-8-6-5-7-9-14/h5-9,12-13,15-16H,10-11H2,1-4H3. The Morgan fingerprint density at radius 1 is 1.12 bits per heavy atom. The van der Waals surface area contributed by atoms with Crippen molar-refractivity contribution in [2.45, 2.75) is 39.3 Å². The smallest absolute Gasteiger partial charge is 0.0665 e. The van der Waals surface area contributed by atoms with Crippen LogP contribution in [-0.2, 0) is 4.74 Å². The van der Waals surface area contributed by atoms with E-state index < -0.39 is 0 Å². The van der Waals surface area contributed by atoms with Gasteiger partial charge >= 0.3 is 0 Å². The van der Waals surface area contributed by atoms with Crippen molar-refractivity contribution in [3.05, 3.63) is 35.9 Å². The van der Waals surface area contributed by atoms with Crippen LogP contribution < -0.4 is 5.32 Å². The van der Waals surface area contributed by atoms with Crippen molar-refractivity contribution in [3.63, 3.8) is 0 Å². The molecule has 0 bridgehead atoms. The number of nitrogens with one attached hydrogen (secondary N) is 1. The average Bonchev–Trinajstić information content (AvgIpc) is 2.30. The molecule has 0 heterocycles. The Balaban J connectivity index is 2.43. The maximum absolute atomic E-state index is 5.90. The fourth-order valence-electron chi connectivity index (χ4n) is 2.02. The quantitative estimate of drug-likeness (QED) is 0.782. The summed E-state index contributed by atoms with van der Waals surface area (Å²) < 4.78 is 5.90. The summed E-state index contributed by atoms with van der Waals surface area (Å²) >= 11 is 0. The third kappa shape index (κ3) is 5.33. The van der Waals surface area contributed by atoms with E-state index in [1.54, 1.807) is 0 Å². The zero-order valence-electron chi connectivity index (χ0n) is 11.4. The van der Waals surface area contributed by atoms with Crippen LogP contribution in [0.25, 0.3) is 0 Å². The molecule has 0 aliphatic heterocycles. The van der Waals surface area contributed by atoms with E-state index in [0.717, 1.165) is 13.0 Å². The fourth-order valence-corrected chi connectivity index (χ4v) is 2.02. The molecule has 0 spiro atoms. The third-order valence-electron chi connectivity index (χ3n) is 2.90. The van der Waals surface area contributed by atoms with Gasteiger partial charge in [0.1, 0.15) is 0 Å². The van der Waals surface area contributed by atoms with Crippen LogP contribution >= 0.6 is 0 Å². The summed E-state index contributed by atoms with van der Waals surface area (Å²) in [5.74, 6) is 0.690. The molecule has 2 nitrogen and oxygen atoms in total. The van der Waals surface area contributed by atoms with Crippen LogP contribution in [0.15, 0.2) is 30.3 Å². The molecule has 2 heteroatoms. The molecule has 0 radical (unpaired) electrons. The van der Waals surface area contributed by atoms with E-state index in [1.165, 1.54) is 5.56 Å². The summed E-state index contributed by atoms with van der Waals surface area (Å²) in [5.41, 5.74) is 1.28. The molecule has 2 atom stereocenters. The highest BCUT2D eigenvalue weighted by molar-refractivity contribution is 5.18. The zero-order valence-corrected chi connectivity index (χ0v) is 11.4. The van der Waals surface area contributed by atoms with Crippen LogP contribution in [0, 0.1) is 5.92 Å². The molecule has 0 saturated carbocycles. The minimum atomic E-state index is 0.283. The Morgan fingerprint density at radius 2 is 1.76 bits per heavy atom. The lowest BCUT2D eigenvalue weighted by Crippen LogP contribution is -2.24. The summed E-state index contributed by atoms with van der Waals surface area (Å²) in [5, 5.41) is 3.30. The van der Waals surface area contributed by atoms with Crippen molar-refractivity contribution in [2.75, 3.05) is 13.7 Å². The summed E-state index contributed by atoms with van der Waals surface area (Å²) in [6.45, 7) is 7.34. The van der Waals surface area contributed by atoms with Crippen molar-refractivity contribution in [1.82, 2.24) is 5.32 Å². The van der Waals surface area contributed by atoms with Gasteiger partial charge in [0.15, 0.2) is 0 Å². The third-order valence-corrected chi connectivity index (χ3v) is 2.90. The second-order valence-corrected chi connectivity index (χ2v) is 5.03. The van der Waals surface area contributed by atoms with Crippen LogP contribution in [0.1, 0.15) is 38.8 Å². The molecule has 96 valence electrons. The van der Waals surface area contributed by atoms with Gasteiger partial charge in [-0.15, -0.1) is 0 Å². The highest BCUT2D eigenvalue weighted by Gasteiger charge is 2.11. The summed E-state index contributed by atoms with van der Waals surface area (Å²) in [6, 6.07) is 10.7. The first kappa shape index (κ1) is 14.2. The Hall–Kier alpha value is -0.860. The first-order valence-corrected chi connectivity index (χ1v) is 6.47. The maximum Gasteiger partial charge on any atom is 0.0665 e. The highest BCUT2D eigenvalue weighted by atomic mass is 16.5. The van der Waals surface area contributed by atoms with Crippen LogP contribution in [0.2, 0.25) is 0 Å². The van der Waals surface area contributed by atoms with Gasteiger partial charge in [0.25, 0.3) is 0 Å². The first-order valence-electron chi connectivity index (χ1n) is 6.47. The SMILES string of the molecule is CNC(COC(C)CC(C)C)c1ccccc1. The lowest BCUT2D eigenvalue weighted by Gasteiger charge is -2.21. The van der Waals surface area contributed by atoms with Crippen LogP contribution in [-0.4, -0.2) is 19.8 Å². The molecular formula is C15H25NO. The van der Waals surface area contributed by atoms with E-state index in [4.69, 9.17) is 4.74 Å².